The molecule has 0 amide bonds. The molecule has 1 heterocycles. The maximum Gasteiger partial charge on any atom is 0.157 e. The van der Waals surface area contributed by atoms with Crippen LogP contribution in [0.2, 0.25) is 0 Å². The number of methoxy groups -OCH3 is 1. The molecule has 0 bridgehead atoms. The summed E-state index contributed by atoms with van der Waals surface area (Å²) in [6.45, 7) is -0.102. The number of rotatable bonds is 2. The van der Waals surface area contributed by atoms with E-state index in [0.29, 0.717) is 6.42 Å². The monoisotopic (exact) mass is 148 g/mol. The molecule has 0 aliphatic carbocycles. The molecule has 1 aliphatic rings. The van der Waals surface area contributed by atoms with Gasteiger partial charge >= 0.3 is 0 Å². The Labute approximate surface area is 59.4 Å². The second kappa shape index (κ2) is 3.30. The summed E-state index contributed by atoms with van der Waals surface area (Å²) in [5, 5.41) is 17.6. The molecule has 0 spiro atoms. The summed E-state index contributed by atoms with van der Waals surface area (Å²) in [6, 6.07) is 0. The average Bonchev–Trinajstić information content (AvgIpc) is 2.30. The smallest absolute Gasteiger partial charge is 0.157 e. The molecule has 0 aromatic heterocycles. The third-order valence-corrected chi connectivity index (χ3v) is 1.66. The lowest BCUT2D eigenvalue weighted by Crippen LogP contribution is -2.26. The Kier molecular flexibility index (Phi) is 2.62. The molecule has 1 fully saturated rings. The summed E-state index contributed by atoms with van der Waals surface area (Å²) in [5.41, 5.74) is 0. The molecule has 0 aromatic rings. The van der Waals surface area contributed by atoms with Crippen LogP contribution in [0.3, 0.4) is 0 Å². The van der Waals surface area contributed by atoms with E-state index < -0.39 is 6.29 Å². The molecule has 4 heteroatoms. The zero-order chi connectivity index (χ0) is 7.56. The van der Waals surface area contributed by atoms with Gasteiger partial charge in [0.25, 0.3) is 0 Å². The summed E-state index contributed by atoms with van der Waals surface area (Å²) in [6.07, 6.45) is -0.857. The normalized spacial score (nSPS) is 40.5. The van der Waals surface area contributed by atoms with Crippen molar-refractivity contribution >= 4 is 0 Å². The fourth-order valence-corrected chi connectivity index (χ4v) is 1.10. The van der Waals surface area contributed by atoms with Gasteiger partial charge in [0.2, 0.25) is 0 Å². The van der Waals surface area contributed by atoms with Crippen LogP contribution in [-0.4, -0.2) is 42.4 Å². The minimum atomic E-state index is -0.776. The SMILES string of the molecule is CO[C@H]1C[C@H](O)O[C@@H]1CO. The lowest BCUT2D eigenvalue weighted by molar-refractivity contribution is -0.109. The Balaban J connectivity index is 2.41. The van der Waals surface area contributed by atoms with Crippen molar-refractivity contribution in [3.05, 3.63) is 0 Å². The van der Waals surface area contributed by atoms with E-state index in [4.69, 9.17) is 19.7 Å². The standard InChI is InChI=1S/C6H12O4/c1-9-4-2-6(8)10-5(4)3-7/h4-8H,2-3H2,1H3/t4-,5+,6+/m0/s1. The van der Waals surface area contributed by atoms with Gasteiger partial charge in [0.1, 0.15) is 6.10 Å². The van der Waals surface area contributed by atoms with Crippen LogP contribution in [0.5, 0.6) is 0 Å². The molecule has 60 valence electrons. The Morgan fingerprint density at radius 2 is 2.40 bits per heavy atom. The van der Waals surface area contributed by atoms with Gasteiger partial charge in [-0.15, -0.1) is 0 Å². The first-order valence-electron chi connectivity index (χ1n) is 3.25. The number of hydrogen-bond donors (Lipinski definition) is 2. The predicted octanol–water partition coefficient (Wildman–Crippen LogP) is -0.899. The van der Waals surface area contributed by atoms with Gasteiger partial charge in [-0.25, -0.2) is 0 Å². The number of aliphatic hydroxyl groups is 2. The molecular weight excluding hydrogens is 136 g/mol. The summed E-state index contributed by atoms with van der Waals surface area (Å²) >= 11 is 0. The summed E-state index contributed by atoms with van der Waals surface area (Å²) in [5.74, 6) is 0. The maximum absolute atomic E-state index is 8.92. The minimum absolute atomic E-state index is 0.102. The van der Waals surface area contributed by atoms with Crippen LogP contribution in [0.15, 0.2) is 0 Å². The molecule has 0 saturated carbocycles. The Morgan fingerprint density at radius 3 is 2.80 bits per heavy atom. The lowest BCUT2D eigenvalue weighted by Gasteiger charge is -2.12. The highest BCUT2D eigenvalue weighted by Crippen LogP contribution is 2.20. The second-order valence-corrected chi connectivity index (χ2v) is 2.32. The van der Waals surface area contributed by atoms with E-state index in [2.05, 4.69) is 0 Å². The highest BCUT2D eigenvalue weighted by molar-refractivity contribution is 4.77. The van der Waals surface area contributed by atoms with Crippen molar-refractivity contribution in [1.82, 2.24) is 0 Å². The van der Waals surface area contributed by atoms with Crippen molar-refractivity contribution in [2.45, 2.75) is 24.9 Å². The van der Waals surface area contributed by atoms with Crippen molar-refractivity contribution in [2.75, 3.05) is 13.7 Å². The summed E-state index contributed by atoms with van der Waals surface area (Å²) in [7, 11) is 1.54. The van der Waals surface area contributed by atoms with E-state index >= 15 is 0 Å². The number of ether oxygens (including phenoxy) is 2. The van der Waals surface area contributed by atoms with Gasteiger partial charge in [-0.3, -0.25) is 0 Å². The third-order valence-electron chi connectivity index (χ3n) is 1.66. The highest BCUT2D eigenvalue weighted by atomic mass is 16.6. The highest BCUT2D eigenvalue weighted by Gasteiger charge is 2.33. The fourth-order valence-electron chi connectivity index (χ4n) is 1.10. The lowest BCUT2D eigenvalue weighted by atomic mass is 10.2. The Hall–Kier alpha value is -0.160. The third kappa shape index (κ3) is 1.46. The molecule has 0 aromatic carbocycles. The van der Waals surface area contributed by atoms with Crippen molar-refractivity contribution < 1.29 is 19.7 Å². The topological polar surface area (TPSA) is 58.9 Å². The molecule has 4 nitrogen and oxygen atoms in total. The van der Waals surface area contributed by atoms with Crippen molar-refractivity contribution in [3.63, 3.8) is 0 Å². The van der Waals surface area contributed by atoms with Crippen LogP contribution < -0.4 is 0 Å². The minimum Gasteiger partial charge on any atom is -0.394 e. The van der Waals surface area contributed by atoms with E-state index in [1.165, 1.54) is 7.11 Å². The van der Waals surface area contributed by atoms with Gasteiger partial charge < -0.3 is 19.7 Å². The molecule has 3 atom stereocenters. The first-order chi connectivity index (χ1) is 4.77. The molecule has 0 unspecified atom stereocenters. The fraction of sp³-hybridized carbons (Fsp3) is 1.00. The van der Waals surface area contributed by atoms with Crippen LogP contribution in [0.4, 0.5) is 0 Å². The Morgan fingerprint density at radius 1 is 1.70 bits per heavy atom. The van der Waals surface area contributed by atoms with E-state index in [0.717, 1.165) is 0 Å². The molecule has 10 heavy (non-hydrogen) atoms. The molecular formula is C6H12O4. The van der Waals surface area contributed by atoms with Crippen LogP contribution in [0.1, 0.15) is 6.42 Å². The predicted molar refractivity (Wildman–Crippen MR) is 33.4 cm³/mol. The molecule has 0 radical (unpaired) electrons. The van der Waals surface area contributed by atoms with Crippen molar-refractivity contribution in [3.8, 4) is 0 Å². The van der Waals surface area contributed by atoms with Crippen LogP contribution in [0.25, 0.3) is 0 Å². The van der Waals surface area contributed by atoms with Crippen LogP contribution in [0, 0.1) is 0 Å². The van der Waals surface area contributed by atoms with Gasteiger partial charge in [-0.05, 0) is 0 Å². The van der Waals surface area contributed by atoms with E-state index in [9.17, 15) is 0 Å². The quantitative estimate of drug-likeness (QED) is 0.533. The molecule has 1 rings (SSSR count). The van der Waals surface area contributed by atoms with Crippen LogP contribution in [-0.2, 0) is 9.47 Å². The zero-order valence-corrected chi connectivity index (χ0v) is 5.86. The van der Waals surface area contributed by atoms with Gasteiger partial charge in [0.15, 0.2) is 6.29 Å². The first-order valence-corrected chi connectivity index (χ1v) is 3.25. The number of hydrogen-bond acceptors (Lipinski definition) is 4. The van der Waals surface area contributed by atoms with Crippen LogP contribution >= 0.6 is 0 Å². The average molecular weight is 148 g/mol. The molecule has 2 N–H and O–H groups in total. The largest absolute Gasteiger partial charge is 0.394 e. The van der Waals surface area contributed by atoms with E-state index in [-0.39, 0.29) is 18.8 Å². The summed E-state index contributed by atoms with van der Waals surface area (Å²) in [4.78, 5) is 0. The van der Waals surface area contributed by atoms with Gasteiger partial charge in [-0.1, -0.05) is 0 Å². The van der Waals surface area contributed by atoms with Gasteiger partial charge in [-0.2, -0.15) is 0 Å². The molecule has 1 saturated heterocycles. The van der Waals surface area contributed by atoms with Crippen molar-refractivity contribution in [1.29, 1.82) is 0 Å². The number of aliphatic hydroxyl groups excluding tert-OH is 2. The first kappa shape index (κ1) is 7.94. The maximum atomic E-state index is 8.92. The molecule has 1 aliphatic heterocycles. The van der Waals surface area contributed by atoms with Gasteiger partial charge in [0.05, 0.1) is 12.7 Å². The summed E-state index contributed by atoms with van der Waals surface area (Å²) < 4.78 is 9.83. The zero-order valence-electron chi connectivity index (χ0n) is 5.86. The second-order valence-electron chi connectivity index (χ2n) is 2.32. The Bertz CT molecular complexity index is 93.9. The van der Waals surface area contributed by atoms with Crippen molar-refractivity contribution in [2.24, 2.45) is 0 Å². The van der Waals surface area contributed by atoms with E-state index in [1.54, 1.807) is 0 Å². The van der Waals surface area contributed by atoms with Gasteiger partial charge in [0, 0.05) is 13.5 Å². The van der Waals surface area contributed by atoms with E-state index in [1.807, 2.05) is 0 Å².